The van der Waals surface area contributed by atoms with Crippen molar-refractivity contribution in [3.8, 4) is 0 Å². The lowest BCUT2D eigenvalue weighted by molar-refractivity contribution is 0.157. The van der Waals surface area contributed by atoms with E-state index in [1.807, 2.05) is 0 Å². The van der Waals surface area contributed by atoms with Crippen molar-refractivity contribution < 1.29 is 4.74 Å². The maximum atomic E-state index is 5.14. The van der Waals surface area contributed by atoms with Gasteiger partial charge in [-0.2, -0.15) is 0 Å². The Morgan fingerprint density at radius 1 is 1.13 bits per heavy atom. The molecule has 15 heavy (non-hydrogen) atoms. The van der Waals surface area contributed by atoms with E-state index in [1.165, 1.54) is 32.2 Å². The SMILES string of the molecule is COCC(C)CNCC(C1CC1)C1CC1. The number of hydrogen-bond donors (Lipinski definition) is 1. The molecule has 0 amide bonds. The molecule has 2 rings (SSSR count). The first-order valence-corrected chi connectivity index (χ1v) is 6.51. The molecule has 0 aliphatic heterocycles. The second-order valence-corrected chi connectivity index (χ2v) is 5.56. The molecule has 2 aliphatic rings. The average Bonchev–Trinajstić information content (AvgIpc) is 3.03. The quantitative estimate of drug-likeness (QED) is 0.665. The van der Waals surface area contributed by atoms with Gasteiger partial charge in [0, 0.05) is 13.7 Å². The van der Waals surface area contributed by atoms with E-state index in [2.05, 4.69) is 12.2 Å². The van der Waals surface area contributed by atoms with Gasteiger partial charge in [-0.15, -0.1) is 0 Å². The number of hydrogen-bond acceptors (Lipinski definition) is 2. The van der Waals surface area contributed by atoms with Gasteiger partial charge in [0.25, 0.3) is 0 Å². The average molecular weight is 211 g/mol. The van der Waals surface area contributed by atoms with Gasteiger partial charge >= 0.3 is 0 Å². The molecule has 0 aromatic rings. The largest absolute Gasteiger partial charge is 0.384 e. The Kier molecular flexibility index (Phi) is 4.04. The van der Waals surface area contributed by atoms with Crippen molar-refractivity contribution >= 4 is 0 Å². The van der Waals surface area contributed by atoms with Gasteiger partial charge in [0.2, 0.25) is 0 Å². The summed E-state index contributed by atoms with van der Waals surface area (Å²) < 4.78 is 5.14. The molecule has 1 unspecified atom stereocenters. The predicted molar refractivity (Wildman–Crippen MR) is 62.8 cm³/mol. The lowest BCUT2D eigenvalue weighted by Crippen LogP contribution is -2.30. The molecule has 0 aromatic carbocycles. The van der Waals surface area contributed by atoms with Gasteiger partial charge < -0.3 is 10.1 Å². The van der Waals surface area contributed by atoms with Crippen molar-refractivity contribution in [2.75, 3.05) is 26.8 Å². The van der Waals surface area contributed by atoms with E-state index in [0.29, 0.717) is 5.92 Å². The third-order valence-electron chi connectivity index (χ3n) is 3.78. The molecule has 1 atom stereocenters. The van der Waals surface area contributed by atoms with Crippen LogP contribution in [0.2, 0.25) is 0 Å². The highest BCUT2D eigenvalue weighted by Crippen LogP contribution is 2.48. The van der Waals surface area contributed by atoms with Crippen LogP contribution in [0.4, 0.5) is 0 Å². The van der Waals surface area contributed by atoms with Gasteiger partial charge in [-0.1, -0.05) is 6.92 Å². The second-order valence-electron chi connectivity index (χ2n) is 5.56. The van der Waals surface area contributed by atoms with Gasteiger partial charge in [-0.05, 0) is 62.4 Å². The lowest BCUT2D eigenvalue weighted by Gasteiger charge is -2.18. The maximum absolute atomic E-state index is 5.14. The van der Waals surface area contributed by atoms with Crippen molar-refractivity contribution in [3.05, 3.63) is 0 Å². The summed E-state index contributed by atoms with van der Waals surface area (Å²) in [6.45, 7) is 5.50. The number of rotatable bonds is 8. The summed E-state index contributed by atoms with van der Waals surface area (Å²) in [5.74, 6) is 3.79. The van der Waals surface area contributed by atoms with Gasteiger partial charge in [-0.25, -0.2) is 0 Å². The number of ether oxygens (including phenoxy) is 1. The van der Waals surface area contributed by atoms with Crippen LogP contribution in [0.1, 0.15) is 32.6 Å². The van der Waals surface area contributed by atoms with Crippen LogP contribution in [-0.4, -0.2) is 26.8 Å². The van der Waals surface area contributed by atoms with E-state index in [9.17, 15) is 0 Å². The Hall–Kier alpha value is -0.0800. The smallest absolute Gasteiger partial charge is 0.0499 e. The first-order valence-electron chi connectivity index (χ1n) is 6.51. The van der Waals surface area contributed by atoms with Crippen LogP contribution in [0.5, 0.6) is 0 Å². The predicted octanol–water partition coefficient (Wildman–Crippen LogP) is 2.29. The van der Waals surface area contributed by atoms with E-state index >= 15 is 0 Å². The zero-order chi connectivity index (χ0) is 10.7. The normalized spacial score (nSPS) is 23.4. The van der Waals surface area contributed by atoms with E-state index in [0.717, 1.165) is 30.9 Å². The molecule has 2 nitrogen and oxygen atoms in total. The molecule has 2 heteroatoms. The van der Waals surface area contributed by atoms with Gasteiger partial charge in [0.1, 0.15) is 0 Å². The molecule has 0 radical (unpaired) electrons. The van der Waals surface area contributed by atoms with Gasteiger partial charge in [0.15, 0.2) is 0 Å². The first-order chi connectivity index (χ1) is 7.31. The minimum Gasteiger partial charge on any atom is -0.384 e. The molecule has 0 saturated heterocycles. The molecule has 0 spiro atoms. The van der Waals surface area contributed by atoms with E-state index < -0.39 is 0 Å². The maximum Gasteiger partial charge on any atom is 0.0499 e. The molecule has 2 aliphatic carbocycles. The van der Waals surface area contributed by atoms with E-state index in [4.69, 9.17) is 4.74 Å². The Morgan fingerprint density at radius 2 is 1.73 bits per heavy atom. The topological polar surface area (TPSA) is 21.3 Å². The minimum absolute atomic E-state index is 0.647. The van der Waals surface area contributed by atoms with Crippen molar-refractivity contribution in [2.24, 2.45) is 23.7 Å². The Morgan fingerprint density at radius 3 is 2.20 bits per heavy atom. The Balaban J connectivity index is 1.58. The van der Waals surface area contributed by atoms with Gasteiger partial charge in [-0.3, -0.25) is 0 Å². The van der Waals surface area contributed by atoms with Crippen LogP contribution in [0, 0.1) is 23.7 Å². The lowest BCUT2D eigenvalue weighted by atomic mass is 9.98. The van der Waals surface area contributed by atoms with Crippen LogP contribution < -0.4 is 5.32 Å². The van der Waals surface area contributed by atoms with Crippen molar-refractivity contribution in [2.45, 2.75) is 32.6 Å². The fourth-order valence-electron chi connectivity index (χ4n) is 2.61. The molecule has 0 aromatic heterocycles. The highest BCUT2D eigenvalue weighted by atomic mass is 16.5. The Labute approximate surface area is 93.8 Å². The fraction of sp³-hybridized carbons (Fsp3) is 1.00. The van der Waals surface area contributed by atoms with E-state index in [-0.39, 0.29) is 0 Å². The monoisotopic (exact) mass is 211 g/mol. The zero-order valence-electron chi connectivity index (χ0n) is 10.2. The van der Waals surface area contributed by atoms with E-state index in [1.54, 1.807) is 7.11 Å². The molecule has 0 heterocycles. The zero-order valence-corrected chi connectivity index (χ0v) is 10.2. The molecule has 0 bridgehead atoms. The molecular weight excluding hydrogens is 186 g/mol. The van der Waals surface area contributed by atoms with Crippen LogP contribution in [0.3, 0.4) is 0 Å². The number of nitrogens with one attached hydrogen (secondary N) is 1. The van der Waals surface area contributed by atoms with Crippen LogP contribution in [-0.2, 0) is 4.74 Å². The van der Waals surface area contributed by atoms with Crippen LogP contribution >= 0.6 is 0 Å². The second kappa shape index (κ2) is 5.31. The summed E-state index contributed by atoms with van der Waals surface area (Å²) in [4.78, 5) is 0. The summed E-state index contributed by atoms with van der Waals surface area (Å²) in [6.07, 6.45) is 5.99. The fourth-order valence-corrected chi connectivity index (χ4v) is 2.61. The van der Waals surface area contributed by atoms with Gasteiger partial charge in [0.05, 0.1) is 0 Å². The minimum atomic E-state index is 0.647. The van der Waals surface area contributed by atoms with Crippen molar-refractivity contribution in [1.82, 2.24) is 5.32 Å². The molecular formula is C13H25NO. The summed E-state index contributed by atoms with van der Waals surface area (Å²) in [7, 11) is 1.79. The van der Waals surface area contributed by atoms with Crippen molar-refractivity contribution in [1.29, 1.82) is 0 Å². The Bertz CT molecular complexity index is 175. The third-order valence-corrected chi connectivity index (χ3v) is 3.78. The summed E-state index contributed by atoms with van der Waals surface area (Å²) in [5, 5.41) is 3.63. The summed E-state index contributed by atoms with van der Waals surface area (Å²) >= 11 is 0. The highest BCUT2D eigenvalue weighted by molar-refractivity contribution is 4.92. The van der Waals surface area contributed by atoms with Crippen LogP contribution in [0.25, 0.3) is 0 Å². The van der Waals surface area contributed by atoms with Crippen molar-refractivity contribution in [3.63, 3.8) is 0 Å². The molecule has 2 saturated carbocycles. The standard InChI is InChI=1S/C13H25NO/c1-10(9-15-2)7-14-8-13(11-3-4-11)12-5-6-12/h10-14H,3-9H2,1-2H3. The summed E-state index contributed by atoms with van der Waals surface area (Å²) in [6, 6.07) is 0. The number of methoxy groups -OCH3 is 1. The first kappa shape index (κ1) is 11.4. The molecule has 1 N–H and O–H groups in total. The molecule has 88 valence electrons. The third kappa shape index (κ3) is 3.76. The molecule has 2 fully saturated rings. The summed E-state index contributed by atoms with van der Waals surface area (Å²) in [5.41, 5.74) is 0. The van der Waals surface area contributed by atoms with Crippen LogP contribution in [0.15, 0.2) is 0 Å². The highest BCUT2D eigenvalue weighted by Gasteiger charge is 2.40.